The van der Waals surface area contributed by atoms with Crippen LogP contribution in [0.2, 0.25) is 0 Å². The van der Waals surface area contributed by atoms with E-state index < -0.39 is 17.8 Å². The van der Waals surface area contributed by atoms with Gasteiger partial charge in [-0.3, -0.25) is 0 Å². The van der Waals surface area contributed by atoms with Gasteiger partial charge in [0.1, 0.15) is 46.7 Å². The zero-order chi connectivity index (χ0) is 27.6. The molecule has 7 heteroatoms. The monoisotopic (exact) mass is 538 g/mol. The highest BCUT2D eigenvalue weighted by atomic mass is 16.7. The molecule has 3 heterocycles. The Balaban J connectivity index is 1.52. The molecule has 4 aromatic rings. The molecule has 0 aliphatic carbocycles. The van der Waals surface area contributed by atoms with E-state index in [0.29, 0.717) is 51.0 Å². The third kappa shape index (κ3) is 3.40. The molecule has 7 nitrogen and oxygen atoms in total. The van der Waals surface area contributed by atoms with Gasteiger partial charge in [0.05, 0.1) is 20.1 Å². The molecule has 2 N–H and O–H groups in total. The number of hydrogen-bond acceptors (Lipinski definition) is 7. The van der Waals surface area contributed by atoms with E-state index in [-0.39, 0.29) is 11.9 Å². The summed E-state index contributed by atoms with van der Waals surface area (Å²) >= 11 is 0. The van der Waals surface area contributed by atoms with Crippen LogP contribution in [0.1, 0.15) is 51.8 Å². The van der Waals surface area contributed by atoms with Crippen LogP contribution in [0.5, 0.6) is 34.5 Å². The molecule has 0 unspecified atom stereocenters. The van der Waals surface area contributed by atoms with Crippen LogP contribution in [0.25, 0.3) is 0 Å². The molecule has 0 spiro atoms. The number of aliphatic hydroxyl groups excluding tert-OH is 1. The van der Waals surface area contributed by atoms with Gasteiger partial charge < -0.3 is 33.9 Å². The van der Waals surface area contributed by atoms with E-state index in [0.717, 1.165) is 24.0 Å². The van der Waals surface area contributed by atoms with Gasteiger partial charge in [0.25, 0.3) is 0 Å². The van der Waals surface area contributed by atoms with Gasteiger partial charge >= 0.3 is 5.79 Å². The first-order chi connectivity index (χ1) is 19.5. The van der Waals surface area contributed by atoms with Crippen molar-refractivity contribution in [1.82, 2.24) is 0 Å². The van der Waals surface area contributed by atoms with Crippen molar-refractivity contribution >= 4 is 0 Å². The summed E-state index contributed by atoms with van der Waals surface area (Å²) < 4.78 is 31.7. The van der Waals surface area contributed by atoms with Gasteiger partial charge in [0, 0.05) is 39.9 Å². The smallest absolute Gasteiger partial charge is 0.305 e. The summed E-state index contributed by atoms with van der Waals surface area (Å²) in [7, 11) is 3.19. The molecule has 0 aromatic heterocycles. The summed E-state index contributed by atoms with van der Waals surface area (Å²) in [4.78, 5) is 0. The van der Waals surface area contributed by atoms with Crippen molar-refractivity contribution in [2.45, 2.75) is 43.7 Å². The lowest BCUT2D eigenvalue weighted by atomic mass is 9.74. The molecule has 0 amide bonds. The summed E-state index contributed by atoms with van der Waals surface area (Å²) in [6, 6.07) is 22.9. The number of phenols is 1. The summed E-state index contributed by atoms with van der Waals surface area (Å²) in [6.45, 7) is 1.78. The fraction of sp³-hybridized carbons (Fsp3) is 0.273. The number of ether oxygens (including phenoxy) is 5. The van der Waals surface area contributed by atoms with Crippen molar-refractivity contribution < 1.29 is 33.9 Å². The van der Waals surface area contributed by atoms with Crippen LogP contribution in [0.4, 0.5) is 0 Å². The minimum atomic E-state index is -1.58. The molecule has 4 atom stereocenters. The summed E-state index contributed by atoms with van der Waals surface area (Å²) in [5, 5.41) is 23.0. The van der Waals surface area contributed by atoms with Crippen LogP contribution in [0.15, 0.2) is 72.8 Å². The third-order valence-corrected chi connectivity index (χ3v) is 8.38. The number of rotatable bonds is 4. The van der Waals surface area contributed by atoms with Crippen molar-refractivity contribution in [3.05, 3.63) is 106 Å². The number of methoxy groups -OCH3 is 2. The molecule has 0 saturated carbocycles. The van der Waals surface area contributed by atoms with Crippen molar-refractivity contribution in [1.29, 1.82) is 0 Å². The van der Waals surface area contributed by atoms with E-state index in [9.17, 15) is 10.2 Å². The van der Waals surface area contributed by atoms with Crippen LogP contribution in [-0.4, -0.2) is 30.5 Å². The van der Waals surface area contributed by atoms with Crippen LogP contribution >= 0.6 is 0 Å². The molecule has 3 aliphatic rings. The second kappa shape index (κ2) is 9.10. The second-order valence-corrected chi connectivity index (χ2v) is 10.5. The van der Waals surface area contributed by atoms with E-state index in [1.165, 1.54) is 0 Å². The van der Waals surface area contributed by atoms with E-state index in [1.54, 1.807) is 27.2 Å². The molecule has 2 bridgehead atoms. The van der Waals surface area contributed by atoms with E-state index in [2.05, 4.69) is 12.1 Å². The molecule has 7 rings (SSSR count). The van der Waals surface area contributed by atoms with Crippen molar-refractivity contribution in [2.24, 2.45) is 0 Å². The topological polar surface area (TPSA) is 86.6 Å². The predicted octanol–water partition coefficient (Wildman–Crippen LogP) is 5.91. The van der Waals surface area contributed by atoms with Crippen molar-refractivity contribution in [2.75, 3.05) is 14.2 Å². The van der Waals surface area contributed by atoms with Gasteiger partial charge in [-0.05, 0) is 25.3 Å². The molecule has 0 saturated heterocycles. The number of fused-ring (bicyclic) bond motifs is 8. The zero-order valence-corrected chi connectivity index (χ0v) is 22.5. The summed E-state index contributed by atoms with van der Waals surface area (Å²) in [5.74, 6) is 0.445. The molecule has 0 fully saturated rings. The Labute approximate surface area is 232 Å². The largest absolute Gasteiger partial charge is 0.507 e. The fourth-order valence-corrected chi connectivity index (χ4v) is 6.47. The first-order valence-corrected chi connectivity index (χ1v) is 13.4. The van der Waals surface area contributed by atoms with Gasteiger partial charge in [0.15, 0.2) is 0 Å². The summed E-state index contributed by atoms with van der Waals surface area (Å²) in [6.07, 6.45) is 0.175. The maximum absolute atomic E-state index is 12.2. The minimum Gasteiger partial charge on any atom is -0.507 e. The number of aliphatic hydroxyl groups is 1. The molecular formula is C33H30O7. The average Bonchev–Trinajstić information content (AvgIpc) is 2.99. The maximum atomic E-state index is 12.2. The lowest BCUT2D eigenvalue weighted by molar-refractivity contribution is -0.218. The van der Waals surface area contributed by atoms with Crippen LogP contribution in [0, 0.1) is 6.92 Å². The Bertz CT molecular complexity index is 1600. The Morgan fingerprint density at radius 3 is 2.23 bits per heavy atom. The highest BCUT2D eigenvalue weighted by Crippen LogP contribution is 2.62. The second-order valence-electron chi connectivity index (χ2n) is 10.5. The first kappa shape index (κ1) is 24.7. The van der Waals surface area contributed by atoms with E-state index in [4.69, 9.17) is 23.7 Å². The Kier molecular flexibility index (Phi) is 5.61. The Morgan fingerprint density at radius 1 is 0.875 bits per heavy atom. The van der Waals surface area contributed by atoms with E-state index >= 15 is 0 Å². The van der Waals surface area contributed by atoms with Gasteiger partial charge in [-0.15, -0.1) is 0 Å². The Hall–Kier alpha value is -4.36. The molecule has 40 heavy (non-hydrogen) atoms. The van der Waals surface area contributed by atoms with Crippen LogP contribution in [-0.2, 0) is 12.2 Å². The SMILES string of the molecule is COc1cc2c(c3c1CC[C@@H](c1ccccc1)O3)[C@@H]1c3c(cc(O)c(C)c3OC)O[C@@](c3ccccc3)(O2)[C@H]1O. The van der Waals surface area contributed by atoms with Gasteiger partial charge in [-0.1, -0.05) is 60.7 Å². The number of benzene rings is 4. The van der Waals surface area contributed by atoms with Crippen LogP contribution < -0.4 is 23.7 Å². The first-order valence-electron chi connectivity index (χ1n) is 13.4. The Morgan fingerprint density at radius 2 is 1.55 bits per heavy atom. The quantitative estimate of drug-likeness (QED) is 0.334. The number of aromatic hydroxyl groups is 1. The lowest BCUT2D eigenvalue weighted by Crippen LogP contribution is -2.57. The highest BCUT2D eigenvalue weighted by molar-refractivity contribution is 5.69. The highest BCUT2D eigenvalue weighted by Gasteiger charge is 2.60. The molecule has 0 radical (unpaired) electrons. The number of hydrogen-bond donors (Lipinski definition) is 2. The third-order valence-electron chi connectivity index (χ3n) is 8.38. The zero-order valence-electron chi connectivity index (χ0n) is 22.5. The van der Waals surface area contributed by atoms with Crippen molar-refractivity contribution in [3.8, 4) is 34.5 Å². The standard InChI is InChI=1S/C33H30O7/c1-18-22(34)16-25-27(30(18)37-3)29-28-26(40-33(39-25,32(29)35)20-12-8-5-9-13-20)17-24(36-2)21-14-15-23(38-31(21)28)19-10-6-4-7-11-19/h4-13,16-17,23,29,32,34-35H,14-15H2,1-3H3/t23-,29-,32-,33-/m0/s1. The van der Waals surface area contributed by atoms with Gasteiger partial charge in [0.2, 0.25) is 0 Å². The van der Waals surface area contributed by atoms with Gasteiger partial charge in [-0.25, -0.2) is 0 Å². The lowest BCUT2D eigenvalue weighted by Gasteiger charge is -2.50. The average molecular weight is 539 g/mol. The van der Waals surface area contributed by atoms with Crippen molar-refractivity contribution in [3.63, 3.8) is 0 Å². The fourth-order valence-electron chi connectivity index (χ4n) is 6.47. The normalized spacial score (nSPS) is 23.9. The number of phenolic OH excluding ortho intramolecular Hbond substituents is 1. The minimum absolute atomic E-state index is 0.0330. The summed E-state index contributed by atoms with van der Waals surface area (Å²) in [5.41, 5.74) is 4.55. The maximum Gasteiger partial charge on any atom is 0.305 e. The molecule has 4 aromatic carbocycles. The predicted molar refractivity (Wildman–Crippen MR) is 148 cm³/mol. The molecule has 204 valence electrons. The van der Waals surface area contributed by atoms with E-state index in [1.807, 2.05) is 54.6 Å². The van der Waals surface area contributed by atoms with Gasteiger partial charge in [-0.2, -0.15) is 0 Å². The molecular weight excluding hydrogens is 508 g/mol. The van der Waals surface area contributed by atoms with Crippen LogP contribution in [0.3, 0.4) is 0 Å². The molecule has 3 aliphatic heterocycles.